The van der Waals surface area contributed by atoms with Gasteiger partial charge in [0.1, 0.15) is 0 Å². The quantitative estimate of drug-likeness (QED) is 0.312. The molecule has 0 aromatic heterocycles. The molecule has 0 nitrogen and oxygen atoms in total. The second-order valence-corrected chi connectivity index (χ2v) is 12.8. The smallest absolute Gasteiger partial charge is 0.159 e. The van der Waals surface area contributed by atoms with E-state index >= 15 is 0 Å². The summed E-state index contributed by atoms with van der Waals surface area (Å²) in [5.74, 6) is 0.962. The van der Waals surface area contributed by atoms with Crippen LogP contribution < -0.4 is 0 Å². The molecule has 3 rings (SSSR count). The minimum atomic E-state index is -0.725. The molecule has 1 aliphatic heterocycles. The summed E-state index contributed by atoms with van der Waals surface area (Å²) in [7, 11) is -0.456. The van der Waals surface area contributed by atoms with E-state index in [1.54, 1.807) is 24.2 Å². The van der Waals surface area contributed by atoms with Gasteiger partial charge in [-0.3, -0.25) is 0 Å². The van der Waals surface area contributed by atoms with Crippen LogP contribution in [0.2, 0.25) is 18.1 Å². The summed E-state index contributed by atoms with van der Waals surface area (Å²) in [6.45, 7) is 2.30. The third-order valence-corrected chi connectivity index (χ3v) is 10.9. The van der Waals surface area contributed by atoms with Crippen molar-refractivity contribution in [2.75, 3.05) is 0 Å². The van der Waals surface area contributed by atoms with Crippen LogP contribution in [0.5, 0.6) is 0 Å². The van der Waals surface area contributed by atoms with Crippen molar-refractivity contribution in [2.45, 2.75) is 102 Å². The van der Waals surface area contributed by atoms with Crippen molar-refractivity contribution in [3.8, 4) is 0 Å². The maximum absolute atomic E-state index is 13.5. The largest absolute Gasteiger partial charge is 0.204 e. The third kappa shape index (κ3) is 6.41. The molecule has 1 saturated carbocycles. The SMILES string of the molecule is CCCCC[C@H]1CC[Si@H](CC[C@H]2CC[C@H](c3ccc(F)c(F)c3)CC2)CC1. The van der Waals surface area contributed by atoms with E-state index in [-0.39, 0.29) is 0 Å². The number of unbranched alkanes of at least 4 members (excludes halogenated alkanes) is 2. The first-order valence-electron chi connectivity index (χ1n) is 11.6. The predicted octanol–water partition coefficient (Wildman–Crippen LogP) is 7.85. The Hall–Kier alpha value is -0.703. The van der Waals surface area contributed by atoms with E-state index in [0.29, 0.717) is 5.92 Å². The molecule has 152 valence electrons. The highest BCUT2D eigenvalue weighted by molar-refractivity contribution is 6.58. The standard InChI is InChI=1S/C24H38F2Si/c1-2-3-4-5-19-12-15-27(16-13-19)17-14-20-6-8-21(9-7-20)22-10-11-23(25)24(26)18-22/h10-11,18-21,27H,2-9,12-17H2,1H3/t19-,20-,21-,27-. The number of hydrogen-bond acceptors (Lipinski definition) is 0. The molecular formula is C24H38F2Si. The number of rotatable bonds is 8. The molecule has 27 heavy (non-hydrogen) atoms. The molecule has 1 aromatic rings. The zero-order valence-electron chi connectivity index (χ0n) is 17.2. The maximum Gasteiger partial charge on any atom is 0.159 e. The van der Waals surface area contributed by atoms with Crippen LogP contribution in [0.4, 0.5) is 8.78 Å². The van der Waals surface area contributed by atoms with Crippen LogP contribution >= 0.6 is 0 Å². The van der Waals surface area contributed by atoms with Crippen molar-refractivity contribution in [1.29, 1.82) is 0 Å². The van der Waals surface area contributed by atoms with Crippen LogP contribution in [0, 0.1) is 23.5 Å². The van der Waals surface area contributed by atoms with Gasteiger partial charge in [-0.1, -0.05) is 76.1 Å². The lowest BCUT2D eigenvalue weighted by Gasteiger charge is -2.31. The molecule has 1 saturated heterocycles. The molecule has 0 N–H and O–H groups in total. The second-order valence-electron chi connectivity index (χ2n) is 9.35. The van der Waals surface area contributed by atoms with Gasteiger partial charge < -0.3 is 0 Å². The van der Waals surface area contributed by atoms with E-state index < -0.39 is 20.4 Å². The maximum atomic E-state index is 13.5. The van der Waals surface area contributed by atoms with E-state index in [0.717, 1.165) is 30.2 Å². The second kappa shape index (κ2) is 10.7. The van der Waals surface area contributed by atoms with Gasteiger partial charge in [0.2, 0.25) is 0 Å². The monoisotopic (exact) mass is 392 g/mol. The van der Waals surface area contributed by atoms with Crippen LogP contribution in [0.25, 0.3) is 0 Å². The van der Waals surface area contributed by atoms with Gasteiger partial charge in [0.25, 0.3) is 0 Å². The van der Waals surface area contributed by atoms with E-state index in [1.165, 1.54) is 69.9 Å². The van der Waals surface area contributed by atoms with Gasteiger partial charge in [-0.25, -0.2) is 8.78 Å². The summed E-state index contributed by atoms with van der Waals surface area (Å²) in [5, 5.41) is 0. The molecule has 1 aromatic carbocycles. The molecule has 3 heteroatoms. The first-order valence-corrected chi connectivity index (χ1v) is 14.1. The Kier molecular flexibility index (Phi) is 8.36. The minimum absolute atomic E-state index is 0.437. The van der Waals surface area contributed by atoms with Crippen molar-refractivity contribution in [2.24, 2.45) is 11.8 Å². The molecule has 0 atom stereocenters. The zero-order valence-corrected chi connectivity index (χ0v) is 18.4. The van der Waals surface area contributed by atoms with Crippen LogP contribution in [0.1, 0.15) is 89.0 Å². The summed E-state index contributed by atoms with van der Waals surface area (Å²) in [4.78, 5) is 0. The highest BCUT2D eigenvalue weighted by Crippen LogP contribution is 2.39. The molecule has 1 aliphatic carbocycles. The first kappa shape index (κ1) is 21.0. The summed E-state index contributed by atoms with van der Waals surface area (Å²) in [5.41, 5.74) is 1.00. The first-order chi connectivity index (χ1) is 13.2. The van der Waals surface area contributed by atoms with E-state index in [2.05, 4.69) is 6.92 Å². The summed E-state index contributed by atoms with van der Waals surface area (Å²) < 4.78 is 26.6. The van der Waals surface area contributed by atoms with Gasteiger partial charge >= 0.3 is 0 Å². The normalized spacial score (nSPS) is 29.0. The Labute approximate surface area is 166 Å². The lowest BCUT2D eigenvalue weighted by Crippen LogP contribution is -2.23. The van der Waals surface area contributed by atoms with Gasteiger partial charge in [0.15, 0.2) is 11.6 Å². The van der Waals surface area contributed by atoms with Crippen LogP contribution in [0.3, 0.4) is 0 Å². The van der Waals surface area contributed by atoms with E-state index in [1.807, 2.05) is 0 Å². The Bertz CT molecular complexity index is 557. The number of halogens is 2. The van der Waals surface area contributed by atoms with Crippen molar-refractivity contribution in [1.82, 2.24) is 0 Å². The average Bonchev–Trinajstić information content (AvgIpc) is 2.70. The summed E-state index contributed by atoms with van der Waals surface area (Å²) in [6.07, 6.45) is 15.1. The Morgan fingerprint density at radius 1 is 0.852 bits per heavy atom. The summed E-state index contributed by atoms with van der Waals surface area (Å²) in [6, 6.07) is 9.26. The van der Waals surface area contributed by atoms with Crippen LogP contribution in [-0.4, -0.2) is 8.80 Å². The Morgan fingerprint density at radius 2 is 1.56 bits per heavy atom. The molecule has 0 bridgehead atoms. The fraction of sp³-hybridized carbons (Fsp3) is 0.750. The van der Waals surface area contributed by atoms with Crippen molar-refractivity contribution in [3.63, 3.8) is 0 Å². The van der Waals surface area contributed by atoms with Crippen LogP contribution in [0.15, 0.2) is 18.2 Å². The van der Waals surface area contributed by atoms with Gasteiger partial charge in [-0.15, -0.1) is 0 Å². The molecule has 0 radical (unpaired) electrons. The van der Waals surface area contributed by atoms with E-state index in [9.17, 15) is 8.78 Å². The van der Waals surface area contributed by atoms with Gasteiger partial charge in [-0.05, 0) is 61.1 Å². The molecule has 0 unspecified atom stereocenters. The lowest BCUT2D eigenvalue weighted by molar-refractivity contribution is 0.316. The Morgan fingerprint density at radius 3 is 2.22 bits per heavy atom. The number of hydrogen-bond donors (Lipinski definition) is 0. The topological polar surface area (TPSA) is 0 Å². The zero-order chi connectivity index (χ0) is 19.1. The average molecular weight is 393 g/mol. The van der Waals surface area contributed by atoms with Crippen molar-refractivity contribution >= 4 is 8.80 Å². The minimum Gasteiger partial charge on any atom is -0.204 e. The highest BCUT2D eigenvalue weighted by Gasteiger charge is 2.26. The van der Waals surface area contributed by atoms with Crippen molar-refractivity contribution in [3.05, 3.63) is 35.4 Å². The van der Waals surface area contributed by atoms with Gasteiger partial charge in [0, 0.05) is 8.80 Å². The van der Waals surface area contributed by atoms with E-state index in [4.69, 9.17) is 0 Å². The molecule has 2 fully saturated rings. The molecular weight excluding hydrogens is 354 g/mol. The Balaban J connectivity index is 1.32. The third-order valence-electron chi connectivity index (χ3n) is 7.43. The lowest BCUT2D eigenvalue weighted by atomic mass is 9.78. The molecule has 0 amide bonds. The highest BCUT2D eigenvalue weighted by atomic mass is 28.3. The number of benzene rings is 1. The fourth-order valence-corrected chi connectivity index (χ4v) is 9.21. The van der Waals surface area contributed by atoms with Gasteiger partial charge in [-0.2, -0.15) is 0 Å². The van der Waals surface area contributed by atoms with Crippen molar-refractivity contribution < 1.29 is 8.78 Å². The molecule has 1 heterocycles. The molecule has 0 spiro atoms. The predicted molar refractivity (Wildman–Crippen MR) is 114 cm³/mol. The van der Waals surface area contributed by atoms with Crippen LogP contribution in [-0.2, 0) is 0 Å². The summed E-state index contributed by atoms with van der Waals surface area (Å²) >= 11 is 0. The molecule has 2 aliphatic rings. The van der Waals surface area contributed by atoms with Gasteiger partial charge in [0.05, 0.1) is 0 Å². The fourth-order valence-electron chi connectivity index (χ4n) is 5.51.